The lowest BCUT2D eigenvalue weighted by Crippen LogP contribution is -2.17. The summed E-state index contributed by atoms with van der Waals surface area (Å²) in [5.41, 5.74) is 4.01. The van der Waals surface area contributed by atoms with Crippen LogP contribution in [0.15, 0.2) is 77.6 Å². The van der Waals surface area contributed by atoms with Gasteiger partial charge in [-0.1, -0.05) is 63.2 Å². The highest BCUT2D eigenvalue weighted by Crippen LogP contribution is 2.28. The van der Waals surface area contributed by atoms with Crippen molar-refractivity contribution >= 4 is 22.5 Å². The van der Waals surface area contributed by atoms with E-state index in [9.17, 15) is 14.0 Å². The molecule has 0 atom stereocenters. The number of halogens is 1. The Morgan fingerprint density at radius 2 is 1.61 bits per heavy atom. The molecule has 1 heterocycles. The quantitative estimate of drug-likeness (QED) is 0.439. The number of amides is 1. The van der Waals surface area contributed by atoms with Crippen molar-refractivity contribution in [1.82, 2.24) is 4.98 Å². The molecule has 0 saturated carbocycles. The predicted molar refractivity (Wildman–Crippen MR) is 123 cm³/mol. The van der Waals surface area contributed by atoms with Gasteiger partial charge in [-0.05, 0) is 46.4 Å². The number of pyridine rings is 1. The first-order valence-corrected chi connectivity index (χ1v) is 10.1. The van der Waals surface area contributed by atoms with Gasteiger partial charge in [0.15, 0.2) is 0 Å². The number of anilines is 1. The molecule has 4 nitrogen and oxygen atoms in total. The number of nitrogens with one attached hydrogen (secondary N) is 2. The molecule has 4 rings (SSSR count). The first-order chi connectivity index (χ1) is 14.7. The summed E-state index contributed by atoms with van der Waals surface area (Å²) in [6.07, 6.45) is 0. The Kier molecular flexibility index (Phi) is 5.19. The van der Waals surface area contributed by atoms with Crippen molar-refractivity contribution in [2.75, 3.05) is 5.32 Å². The first kappa shape index (κ1) is 20.5. The molecule has 0 saturated heterocycles. The van der Waals surface area contributed by atoms with Crippen molar-refractivity contribution in [3.05, 3.63) is 100 Å². The average Bonchev–Trinajstić information content (AvgIpc) is 2.72. The minimum absolute atomic E-state index is 0.0666. The van der Waals surface area contributed by atoms with E-state index in [4.69, 9.17) is 0 Å². The highest BCUT2D eigenvalue weighted by atomic mass is 19.1. The van der Waals surface area contributed by atoms with Gasteiger partial charge in [0.1, 0.15) is 5.82 Å². The molecule has 1 aromatic heterocycles. The van der Waals surface area contributed by atoms with Gasteiger partial charge >= 0.3 is 0 Å². The molecule has 0 radical (unpaired) electrons. The van der Waals surface area contributed by atoms with Crippen molar-refractivity contribution < 1.29 is 9.18 Å². The van der Waals surface area contributed by atoms with Crippen LogP contribution >= 0.6 is 0 Å². The number of carbonyl (C=O) groups is 1. The molecule has 0 aliphatic rings. The van der Waals surface area contributed by atoms with Crippen LogP contribution in [0.5, 0.6) is 0 Å². The maximum absolute atomic E-state index is 13.4. The maximum atomic E-state index is 13.4. The largest absolute Gasteiger partial charge is 0.322 e. The van der Waals surface area contributed by atoms with Crippen LogP contribution in [-0.2, 0) is 5.41 Å². The smallest absolute Gasteiger partial charge is 0.256 e. The Labute approximate surface area is 179 Å². The molecule has 5 heteroatoms. The zero-order valence-electron chi connectivity index (χ0n) is 17.6. The van der Waals surface area contributed by atoms with Crippen LogP contribution in [0.1, 0.15) is 36.7 Å². The Morgan fingerprint density at radius 3 is 2.29 bits per heavy atom. The zero-order chi connectivity index (χ0) is 22.2. The number of hydrogen-bond donors (Lipinski definition) is 2. The summed E-state index contributed by atoms with van der Waals surface area (Å²) in [4.78, 5) is 27.8. The summed E-state index contributed by atoms with van der Waals surface area (Å²) in [5, 5.41) is 3.27. The summed E-state index contributed by atoms with van der Waals surface area (Å²) >= 11 is 0. The van der Waals surface area contributed by atoms with Crippen LogP contribution in [0.3, 0.4) is 0 Å². The van der Waals surface area contributed by atoms with Crippen molar-refractivity contribution in [2.24, 2.45) is 0 Å². The van der Waals surface area contributed by atoms with Crippen LogP contribution in [0.25, 0.3) is 22.0 Å². The summed E-state index contributed by atoms with van der Waals surface area (Å²) in [6.45, 7) is 6.50. The fourth-order valence-electron chi connectivity index (χ4n) is 3.55. The van der Waals surface area contributed by atoms with Crippen molar-refractivity contribution in [3.63, 3.8) is 0 Å². The van der Waals surface area contributed by atoms with Crippen molar-refractivity contribution in [3.8, 4) is 11.1 Å². The summed E-state index contributed by atoms with van der Waals surface area (Å²) < 4.78 is 13.4. The summed E-state index contributed by atoms with van der Waals surface area (Å²) in [6, 6.07) is 20.8. The lowest BCUT2D eigenvalue weighted by Gasteiger charge is -2.19. The molecule has 0 fully saturated rings. The van der Waals surface area contributed by atoms with E-state index in [1.807, 2.05) is 18.2 Å². The molecule has 0 aliphatic carbocycles. The maximum Gasteiger partial charge on any atom is 0.256 e. The van der Waals surface area contributed by atoms with Crippen LogP contribution in [0.2, 0.25) is 0 Å². The number of hydrogen-bond acceptors (Lipinski definition) is 2. The van der Waals surface area contributed by atoms with E-state index < -0.39 is 11.7 Å². The minimum atomic E-state index is -0.469. The Hall–Kier alpha value is -3.73. The molecular formula is C26H23FN2O2. The van der Waals surface area contributed by atoms with Crippen molar-refractivity contribution in [2.45, 2.75) is 26.2 Å². The number of rotatable bonds is 3. The van der Waals surface area contributed by atoms with Crippen LogP contribution in [0.4, 0.5) is 10.1 Å². The predicted octanol–water partition coefficient (Wildman–Crippen LogP) is 5.88. The van der Waals surface area contributed by atoms with Gasteiger partial charge in [-0.15, -0.1) is 0 Å². The standard InChI is InChI=1S/C26H23FN2O2/c1-26(2,3)18-10-7-16(8-11-18)17-9-12-21-22(15-24(30)29-23(21)13-17)25(31)28-20-6-4-5-19(27)14-20/h4-15H,1-3H3,(H,28,31)(H,29,30). The SMILES string of the molecule is CC(C)(C)c1ccc(-c2ccc3c(C(=O)Nc4cccc(F)c4)cc(=O)[nH]c3c2)cc1. The fourth-order valence-corrected chi connectivity index (χ4v) is 3.55. The van der Waals surface area contributed by atoms with Crippen LogP contribution in [-0.4, -0.2) is 10.9 Å². The molecule has 0 bridgehead atoms. The molecule has 0 spiro atoms. The van der Waals surface area contributed by atoms with Gasteiger partial charge in [0.2, 0.25) is 5.56 Å². The lowest BCUT2D eigenvalue weighted by molar-refractivity contribution is 0.102. The molecule has 4 aromatic rings. The van der Waals surface area contributed by atoms with E-state index in [2.05, 4.69) is 55.3 Å². The number of benzene rings is 3. The number of carbonyl (C=O) groups excluding carboxylic acids is 1. The monoisotopic (exact) mass is 414 g/mol. The molecule has 2 N–H and O–H groups in total. The van der Waals surface area contributed by atoms with Gasteiger partial charge in [0.05, 0.1) is 5.56 Å². The van der Waals surface area contributed by atoms with E-state index in [0.717, 1.165) is 11.1 Å². The van der Waals surface area contributed by atoms with Crippen LogP contribution in [0, 0.1) is 5.82 Å². The van der Waals surface area contributed by atoms with Crippen molar-refractivity contribution in [1.29, 1.82) is 0 Å². The van der Waals surface area contributed by atoms with Gasteiger partial charge in [0, 0.05) is 22.7 Å². The normalized spacial score (nSPS) is 11.5. The number of H-pyrrole nitrogens is 1. The zero-order valence-corrected chi connectivity index (χ0v) is 17.6. The second-order valence-electron chi connectivity index (χ2n) is 8.60. The average molecular weight is 414 g/mol. The van der Waals surface area contributed by atoms with E-state index >= 15 is 0 Å². The lowest BCUT2D eigenvalue weighted by atomic mass is 9.86. The molecule has 3 aromatic carbocycles. The molecule has 0 unspecified atom stereocenters. The first-order valence-electron chi connectivity index (χ1n) is 10.1. The van der Waals surface area contributed by atoms with E-state index in [0.29, 0.717) is 16.6 Å². The Morgan fingerprint density at radius 1 is 0.903 bits per heavy atom. The fraction of sp³-hybridized carbons (Fsp3) is 0.154. The van der Waals surface area contributed by atoms with Gasteiger partial charge in [0.25, 0.3) is 5.91 Å². The van der Waals surface area contributed by atoms with E-state index in [1.54, 1.807) is 6.07 Å². The Balaban J connectivity index is 1.71. The highest BCUT2D eigenvalue weighted by Gasteiger charge is 2.15. The minimum Gasteiger partial charge on any atom is -0.322 e. The number of fused-ring (bicyclic) bond motifs is 1. The van der Waals surface area contributed by atoms with E-state index in [-0.39, 0.29) is 16.5 Å². The third-order valence-electron chi connectivity index (χ3n) is 5.25. The second-order valence-corrected chi connectivity index (χ2v) is 8.60. The third-order valence-corrected chi connectivity index (χ3v) is 5.25. The number of aromatic amines is 1. The summed E-state index contributed by atoms with van der Waals surface area (Å²) in [5.74, 6) is -0.917. The van der Waals surface area contributed by atoms with Gasteiger partial charge in [-0.2, -0.15) is 0 Å². The molecule has 156 valence electrons. The number of aromatic nitrogens is 1. The highest BCUT2D eigenvalue weighted by molar-refractivity contribution is 6.12. The molecular weight excluding hydrogens is 391 g/mol. The topological polar surface area (TPSA) is 62.0 Å². The second kappa shape index (κ2) is 7.84. The molecule has 0 aliphatic heterocycles. The van der Waals surface area contributed by atoms with E-state index in [1.165, 1.54) is 29.8 Å². The molecule has 1 amide bonds. The van der Waals surface area contributed by atoms with Gasteiger partial charge < -0.3 is 10.3 Å². The summed E-state index contributed by atoms with van der Waals surface area (Å²) in [7, 11) is 0. The Bertz CT molecular complexity index is 1330. The third kappa shape index (κ3) is 4.40. The molecule has 31 heavy (non-hydrogen) atoms. The van der Waals surface area contributed by atoms with Crippen LogP contribution < -0.4 is 10.9 Å². The van der Waals surface area contributed by atoms with Gasteiger partial charge in [-0.25, -0.2) is 4.39 Å². The van der Waals surface area contributed by atoms with Gasteiger partial charge in [-0.3, -0.25) is 9.59 Å².